The van der Waals surface area contributed by atoms with Gasteiger partial charge in [0, 0.05) is 21.7 Å². The molecule has 2 aromatic carbocycles. The van der Waals surface area contributed by atoms with Crippen LogP contribution in [-0.2, 0) is 12.8 Å². The first-order valence-corrected chi connectivity index (χ1v) is 8.05. The van der Waals surface area contributed by atoms with Crippen LogP contribution in [-0.4, -0.2) is 10.5 Å². The molecule has 1 heterocycles. The monoisotopic (exact) mass is 309 g/mol. The maximum atomic E-state index is 13.0. The average Bonchev–Trinajstić information content (AvgIpc) is 2.89. The molecule has 0 aliphatic heterocycles. The molecule has 0 unspecified atom stereocenters. The van der Waals surface area contributed by atoms with Crippen molar-refractivity contribution in [3.8, 4) is 0 Å². The molecular formula is C19H16ClNO. The molecule has 0 amide bonds. The first kappa shape index (κ1) is 13.6. The molecule has 3 aromatic rings. The minimum absolute atomic E-state index is 0.0156. The van der Waals surface area contributed by atoms with Crippen molar-refractivity contribution in [1.82, 2.24) is 4.57 Å². The number of rotatable bonds is 1. The summed E-state index contributed by atoms with van der Waals surface area (Å²) in [6.07, 6.45) is 4.38. The van der Waals surface area contributed by atoms with Crippen LogP contribution in [0.25, 0.3) is 10.9 Å². The van der Waals surface area contributed by atoms with Gasteiger partial charge in [0.2, 0.25) is 0 Å². The Bertz CT molecular complexity index is 878. The lowest BCUT2D eigenvalue weighted by atomic mass is 9.95. The molecule has 1 aromatic heterocycles. The smallest absolute Gasteiger partial charge is 0.262 e. The molecule has 0 atom stereocenters. The molecule has 0 bridgehead atoms. The van der Waals surface area contributed by atoms with Gasteiger partial charge in [0.25, 0.3) is 5.91 Å². The molecule has 0 saturated heterocycles. The Morgan fingerprint density at radius 1 is 1.00 bits per heavy atom. The number of halogens is 1. The van der Waals surface area contributed by atoms with Crippen LogP contribution in [0.4, 0.5) is 0 Å². The second kappa shape index (κ2) is 5.29. The van der Waals surface area contributed by atoms with Gasteiger partial charge in [-0.05, 0) is 55.5 Å². The predicted octanol–water partition coefficient (Wildman–Crippen LogP) is 4.86. The number of aryl methyl sites for hydroxylation is 1. The van der Waals surface area contributed by atoms with E-state index in [1.165, 1.54) is 23.1 Å². The molecule has 22 heavy (non-hydrogen) atoms. The number of carbonyl (C=O) groups is 1. The van der Waals surface area contributed by atoms with Gasteiger partial charge in [-0.15, -0.1) is 0 Å². The Morgan fingerprint density at radius 3 is 2.68 bits per heavy atom. The number of hydrogen-bond acceptors (Lipinski definition) is 1. The summed E-state index contributed by atoms with van der Waals surface area (Å²) in [7, 11) is 0. The van der Waals surface area contributed by atoms with Gasteiger partial charge in [-0.25, -0.2) is 0 Å². The lowest BCUT2D eigenvalue weighted by Crippen LogP contribution is -2.17. The minimum atomic E-state index is 0.0156. The van der Waals surface area contributed by atoms with E-state index in [0.29, 0.717) is 10.6 Å². The number of para-hydroxylation sites is 1. The number of carbonyl (C=O) groups excluding carboxylic acids is 1. The molecule has 0 N–H and O–H groups in total. The summed E-state index contributed by atoms with van der Waals surface area (Å²) >= 11 is 6.05. The highest BCUT2D eigenvalue weighted by Gasteiger charge is 2.23. The van der Waals surface area contributed by atoms with Crippen molar-refractivity contribution in [2.24, 2.45) is 0 Å². The van der Waals surface area contributed by atoms with Crippen molar-refractivity contribution in [2.75, 3.05) is 0 Å². The molecular weight excluding hydrogens is 294 g/mol. The molecule has 3 heteroatoms. The van der Waals surface area contributed by atoms with E-state index >= 15 is 0 Å². The fourth-order valence-electron chi connectivity index (χ4n) is 3.48. The van der Waals surface area contributed by atoms with Crippen molar-refractivity contribution in [1.29, 1.82) is 0 Å². The zero-order valence-corrected chi connectivity index (χ0v) is 12.9. The number of benzene rings is 2. The molecule has 0 fully saturated rings. The largest absolute Gasteiger partial charge is 0.280 e. The van der Waals surface area contributed by atoms with E-state index in [9.17, 15) is 4.79 Å². The fraction of sp³-hybridized carbons (Fsp3) is 0.211. The Labute approximate surface area is 134 Å². The van der Waals surface area contributed by atoms with E-state index in [-0.39, 0.29) is 5.91 Å². The van der Waals surface area contributed by atoms with Crippen molar-refractivity contribution in [3.63, 3.8) is 0 Å². The average molecular weight is 310 g/mol. The highest BCUT2D eigenvalue weighted by Crippen LogP contribution is 2.32. The maximum absolute atomic E-state index is 13.0. The predicted molar refractivity (Wildman–Crippen MR) is 89.8 cm³/mol. The van der Waals surface area contributed by atoms with Gasteiger partial charge in [-0.3, -0.25) is 9.36 Å². The number of fused-ring (bicyclic) bond motifs is 3. The third-order valence-electron chi connectivity index (χ3n) is 4.45. The van der Waals surface area contributed by atoms with Crippen molar-refractivity contribution in [2.45, 2.75) is 25.7 Å². The number of nitrogens with zero attached hydrogens (tertiary/aromatic N) is 1. The summed E-state index contributed by atoms with van der Waals surface area (Å²) in [5, 5.41) is 1.81. The van der Waals surface area contributed by atoms with Crippen molar-refractivity contribution < 1.29 is 4.79 Å². The zero-order chi connectivity index (χ0) is 15.1. The Kier molecular flexibility index (Phi) is 3.27. The standard InChI is InChI=1S/C19H16ClNO/c20-14-7-5-6-13(12-14)19(22)21-17-10-3-1-8-15(17)16-9-2-4-11-18(16)21/h1,3,5-8,10,12H,2,4,9,11H2. The van der Waals surface area contributed by atoms with E-state index in [4.69, 9.17) is 11.6 Å². The molecule has 0 saturated carbocycles. The van der Waals surface area contributed by atoms with Gasteiger partial charge < -0.3 is 0 Å². The van der Waals surface area contributed by atoms with E-state index < -0.39 is 0 Å². The second-order valence-corrected chi connectivity index (χ2v) is 6.24. The molecule has 2 nitrogen and oxygen atoms in total. The SMILES string of the molecule is O=C(c1cccc(Cl)c1)n1c2c(c3ccccc31)CCCC2. The van der Waals surface area contributed by atoms with E-state index in [1.807, 2.05) is 34.9 Å². The number of aromatic nitrogens is 1. The van der Waals surface area contributed by atoms with Crippen LogP contribution in [0.15, 0.2) is 48.5 Å². The molecule has 110 valence electrons. The van der Waals surface area contributed by atoms with Crippen LogP contribution in [0, 0.1) is 0 Å². The van der Waals surface area contributed by atoms with Crippen LogP contribution in [0.3, 0.4) is 0 Å². The first-order chi connectivity index (χ1) is 10.8. The van der Waals surface area contributed by atoms with Crippen LogP contribution >= 0.6 is 11.6 Å². The quantitative estimate of drug-likeness (QED) is 0.629. The Hall–Kier alpha value is -2.06. The van der Waals surface area contributed by atoms with Crippen LogP contribution in [0.5, 0.6) is 0 Å². The van der Waals surface area contributed by atoms with Gasteiger partial charge in [0.1, 0.15) is 0 Å². The normalized spacial score (nSPS) is 14.0. The third-order valence-corrected chi connectivity index (χ3v) is 4.69. The zero-order valence-electron chi connectivity index (χ0n) is 12.2. The summed E-state index contributed by atoms with van der Waals surface area (Å²) in [6.45, 7) is 0. The summed E-state index contributed by atoms with van der Waals surface area (Å²) in [6, 6.07) is 15.4. The van der Waals surface area contributed by atoms with Crippen LogP contribution in [0.2, 0.25) is 5.02 Å². The lowest BCUT2D eigenvalue weighted by molar-refractivity contribution is 0.0961. The van der Waals surface area contributed by atoms with E-state index in [2.05, 4.69) is 6.07 Å². The summed E-state index contributed by atoms with van der Waals surface area (Å²) in [4.78, 5) is 13.0. The summed E-state index contributed by atoms with van der Waals surface area (Å²) in [5.41, 5.74) is 4.18. The molecule has 1 aliphatic rings. The van der Waals surface area contributed by atoms with Gasteiger partial charge >= 0.3 is 0 Å². The molecule has 0 radical (unpaired) electrons. The fourth-order valence-corrected chi connectivity index (χ4v) is 3.67. The van der Waals surface area contributed by atoms with Gasteiger partial charge in [-0.2, -0.15) is 0 Å². The van der Waals surface area contributed by atoms with Crippen LogP contribution < -0.4 is 0 Å². The molecule has 0 spiro atoms. The van der Waals surface area contributed by atoms with Crippen molar-refractivity contribution in [3.05, 3.63) is 70.4 Å². The first-order valence-electron chi connectivity index (χ1n) is 7.67. The van der Waals surface area contributed by atoms with Gasteiger partial charge in [0.05, 0.1) is 5.52 Å². The highest BCUT2D eigenvalue weighted by molar-refractivity contribution is 6.31. The maximum Gasteiger partial charge on any atom is 0.262 e. The van der Waals surface area contributed by atoms with E-state index in [1.54, 1.807) is 12.1 Å². The van der Waals surface area contributed by atoms with Gasteiger partial charge in [0.15, 0.2) is 0 Å². The Morgan fingerprint density at radius 2 is 1.82 bits per heavy atom. The topological polar surface area (TPSA) is 22.0 Å². The highest BCUT2D eigenvalue weighted by atomic mass is 35.5. The minimum Gasteiger partial charge on any atom is -0.280 e. The summed E-state index contributed by atoms with van der Waals surface area (Å²) < 4.78 is 1.90. The summed E-state index contributed by atoms with van der Waals surface area (Å²) in [5.74, 6) is 0.0156. The van der Waals surface area contributed by atoms with Gasteiger partial charge in [-0.1, -0.05) is 35.9 Å². The van der Waals surface area contributed by atoms with Crippen molar-refractivity contribution >= 4 is 28.4 Å². The molecule has 4 rings (SSSR count). The number of hydrogen-bond donors (Lipinski definition) is 0. The lowest BCUT2D eigenvalue weighted by Gasteiger charge is -2.15. The third kappa shape index (κ3) is 2.06. The van der Waals surface area contributed by atoms with E-state index in [0.717, 1.165) is 24.8 Å². The molecule has 1 aliphatic carbocycles. The second-order valence-electron chi connectivity index (χ2n) is 5.80. The Balaban J connectivity index is 1.96. The van der Waals surface area contributed by atoms with Crippen LogP contribution in [0.1, 0.15) is 34.5 Å².